The molecule has 4 rings (SSSR count). The molecule has 34 heavy (non-hydrogen) atoms. The lowest BCUT2D eigenvalue weighted by atomic mass is 9.50. The highest BCUT2D eigenvalue weighted by Gasteiger charge is 2.61. The molecule has 1 aliphatic heterocycles. The van der Waals surface area contributed by atoms with Gasteiger partial charge in [-0.15, -0.1) is 0 Å². The number of allylic oxidation sites excluding steroid dienone is 4. The van der Waals surface area contributed by atoms with Crippen LogP contribution >= 0.6 is 0 Å². The maximum atomic E-state index is 13.4. The maximum Gasteiger partial charge on any atom is 0.178 e. The topological polar surface area (TPSA) is 40.6 Å². The number of hydrogen-bond acceptors (Lipinski definition) is 4. The van der Waals surface area contributed by atoms with E-state index in [0.29, 0.717) is 29.6 Å². The molecule has 2 saturated carbocycles. The van der Waals surface area contributed by atoms with Gasteiger partial charge in [-0.2, -0.15) is 0 Å². The zero-order chi connectivity index (χ0) is 24.3. The minimum absolute atomic E-state index is 0.114. The average molecular weight is 469 g/mol. The highest BCUT2D eigenvalue weighted by Crippen LogP contribution is 2.69. The number of ketones is 2. The first-order valence-electron chi connectivity index (χ1n) is 14.1. The second kappa shape index (κ2) is 10.8. The Morgan fingerprint density at radius 2 is 1.82 bits per heavy atom. The Balaban J connectivity index is 1.50. The quantitative estimate of drug-likeness (QED) is 0.414. The monoisotopic (exact) mass is 468 g/mol. The van der Waals surface area contributed by atoms with Crippen molar-refractivity contribution in [2.45, 2.75) is 85.0 Å². The fourth-order valence-electron chi connectivity index (χ4n) is 8.15. The maximum absolute atomic E-state index is 13.4. The van der Waals surface area contributed by atoms with Crippen LogP contribution in [0, 0.1) is 28.6 Å². The molecule has 0 aromatic heterocycles. The number of nitrogens with zero attached hydrogens (tertiary/aromatic N) is 2. The fourth-order valence-corrected chi connectivity index (χ4v) is 8.15. The Labute approximate surface area is 208 Å². The number of rotatable bonds is 10. The molecule has 0 N–H and O–H groups in total. The van der Waals surface area contributed by atoms with Crippen LogP contribution in [0.1, 0.15) is 85.0 Å². The van der Waals surface area contributed by atoms with Gasteiger partial charge in [-0.1, -0.05) is 45.3 Å². The van der Waals surface area contributed by atoms with Crippen molar-refractivity contribution in [3.63, 3.8) is 0 Å². The van der Waals surface area contributed by atoms with Crippen LogP contribution < -0.4 is 0 Å². The van der Waals surface area contributed by atoms with Crippen LogP contribution in [-0.2, 0) is 9.59 Å². The molecule has 190 valence electrons. The van der Waals surface area contributed by atoms with Crippen LogP contribution in [0.4, 0.5) is 0 Å². The lowest BCUT2D eigenvalue weighted by Gasteiger charge is -2.54. The summed E-state index contributed by atoms with van der Waals surface area (Å²) in [4.78, 5) is 30.1. The van der Waals surface area contributed by atoms with E-state index in [9.17, 15) is 9.59 Å². The van der Waals surface area contributed by atoms with Crippen molar-refractivity contribution in [2.75, 3.05) is 39.8 Å². The average Bonchev–Trinajstić information content (AvgIpc) is 3.55. The molecule has 0 aromatic rings. The Morgan fingerprint density at radius 1 is 1.09 bits per heavy atom. The molecule has 0 aromatic carbocycles. The standard InChI is InChI=1S/C30H48N2O2/c1-5-8-28-26(12-11-23-9-7-10-24(33)19-23)27(6-2)30(13-14-30)22-29(28,3)20-25(34)21-32-17-15-31(4)16-18-32/h7,10,19,26-28H,5-6,8-9,11-18,20-22H2,1-4H3. The molecule has 4 unspecified atom stereocenters. The second-order valence-electron chi connectivity index (χ2n) is 12.4. The van der Waals surface area contributed by atoms with Gasteiger partial charge in [-0.3, -0.25) is 14.5 Å². The third-order valence-electron chi connectivity index (χ3n) is 9.81. The summed E-state index contributed by atoms with van der Waals surface area (Å²) < 4.78 is 0. The fraction of sp³-hybridized carbons (Fsp3) is 0.800. The molecule has 3 fully saturated rings. The van der Waals surface area contributed by atoms with E-state index in [4.69, 9.17) is 0 Å². The highest BCUT2D eigenvalue weighted by molar-refractivity contribution is 6.00. The second-order valence-corrected chi connectivity index (χ2v) is 12.4. The summed E-state index contributed by atoms with van der Waals surface area (Å²) in [6.45, 7) is 12.0. The molecule has 0 bridgehead atoms. The number of likely N-dealkylation sites (N-methyl/N-ethyl adjacent to an activating group) is 1. The zero-order valence-electron chi connectivity index (χ0n) is 22.3. The number of carbonyl (C=O) groups excluding carboxylic acids is 2. The largest absolute Gasteiger partial charge is 0.304 e. The minimum atomic E-state index is 0.114. The van der Waals surface area contributed by atoms with E-state index < -0.39 is 0 Å². The molecule has 4 atom stereocenters. The van der Waals surface area contributed by atoms with Gasteiger partial charge in [0, 0.05) is 32.6 Å². The third-order valence-corrected chi connectivity index (χ3v) is 9.81. The molecule has 0 radical (unpaired) electrons. The normalized spacial score (nSPS) is 33.8. The van der Waals surface area contributed by atoms with Crippen molar-refractivity contribution in [3.8, 4) is 0 Å². The summed E-state index contributed by atoms with van der Waals surface area (Å²) in [6, 6.07) is 0. The summed E-state index contributed by atoms with van der Waals surface area (Å²) in [5.74, 6) is 2.67. The molecular formula is C30H48N2O2. The van der Waals surface area contributed by atoms with E-state index >= 15 is 0 Å². The Bertz CT molecular complexity index is 803. The Kier molecular flexibility index (Phi) is 8.19. The molecule has 4 heteroatoms. The van der Waals surface area contributed by atoms with Gasteiger partial charge in [0.1, 0.15) is 5.78 Å². The number of Topliss-reactive ketones (excluding diaryl/α,β-unsaturated/α-hetero) is 1. The van der Waals surface area contributed by atoms with Gasteiger partial charge in [0.15, 0.2) is 5.78 Å². The highest BCUT2D eigenvalue weighted by atomic mass is 16.1. The van der Waals surface area contributed by atoms with Crippen molar-refractivity contribution in [1.82, 2.24) is 9.80 Å². The predicted octanol–water partition coefficient (Wildman–Crippen LogP) is 5.68. The first kappa shape index (κ1) is 25.8. The smallest absolute Gasteiger partial charge is 0.178 e. The molecule has 1 heterocycles. The summed E-state index contributed by atoms with van der Waals surface area (Å²) in [5, 5.41) is 0. The van der Waals surface area contributed by atoms with Crippen LogP contribution in [0.2, 0.25) is 0 Å². The Hall–Kier alpha value is -1.26. The van der Waals surface area contributed by atoms with Crippen molar-refractivity contribution >= 4 is 11.6 Å². The summed E-state index contributed by atoms with van der Waals surface area (Å²) in [6.07, 6.45) is 17.2. The third kappa shape index (κ3) is 5.75. The first-order valence-corrected chi connectivity index (χ1v) is 14.1. The van der Waals surface area contributed by atoms with Crippen LogP contribution in [0.5, 0.6) is 0 Å². The van der Waals surface area contributed by atoms with Crippen LogP contribution in [0.25, 0.3) is 0 Å². The van der Waals surface area contributed by atoms with Crippen molar-refractivity contribution in [2.24, 2.45) is 28.6 Å². The van der Waals surface area contributed by atoms with E-state index in [0.717, 1.165) is 51.4 Å². The van der Waals surface area contributed by atoms with Gasteiger partial charge >= 0.3 is 0 Å². The van der Waals surface area contributed by atoms with E-state index in [-0.39, 0.29) is 11.2 Å². The van der Waals surface area contributed by atoms with Crippen molar-refractivity contribution < 1.29 is 9.59 Å². The molecule has 4 aliphatic rings. The molecule has 1 saturated heterocycles. The minimum Gasteiger partial charge on any atom is -0.304 e. The first-order chi connectivity index (χ1) is 16.3. The van der Waals surface area contributed by atoms with Crippen LogP contribution in [0.3, 0.4) is 0 Å². The SMILES string of the molecule is CCCC1C(CCC2=CC(=O)C=CC2)C(CC)C2(CC2)CC1(C)CC(=O)CN1CCN(C)CC1. The van der Waals surface area contributed by atoms with Crippen molar-refractivity contribution in [3.05, 3.63) is 23.8 Å². The number of piperazine rings is 1. The molecule has 3 aliphatic carbocycles. The van der Waals surface area contributed by atoms with E-state index in [1.165, 1.54) is 50.5 Å². The van der Waals surface area contributed by atoms with Gasteiger partial charge in [0.2, 0.25) is 0 Å². The summed E-state index contributed by atoms with van der Waals surface area (Å²) in [5.41, 5.74) is 1.90. The number of hydrogen-bond donors (Lipinski definition) is 0. The van der Waals surface area contributed by atoms with Gasteiger partial charge in [0.05, 0.1) is 6.54 Å². The summed E-state index contributed by atoms with van der Waals surface area (Å²) in [7, 11) is 2.17. The lowest BCUT2D eigenvalue weighted by molar-refractivity contribution is -0.128. The van der Waals surface area contributed by atoms with Gasteiger partial charge < -0.3 is 4.90 Å². The number of carbonyl (C=O) groups is 2. The molecule has 4 nitrogen and oxygen atoms in total. The zero-order valence-corrected chi connectivity index (χ0v) is 22.3. The molecular weight excluding hydrogens is 420 g/mol. The van der Waals surface area contributed by atoms with Gasteiger partial charge in [0.25, 0.3) is 0 Å². The van der Waals surface area contributed by atoms with Crippen LogP contribution in [-0.4, -0.2) is 61.1 Å². The van der Waals surface area contributed by atoms with Gasteiger partial charge in [-0.05, 0) is 92.7 Å². The summed E-state index contributed by atoms with van der Waals surface area (Å²) >= 11 is 0. The van der Waals surface area contributed by atoms with E-state index in [2.05, 4.69) is 37.6 Å². The lowest BCUT2D eigenvalue weighted by Crippen LogP contribution is -2.50. The van der Waals surface area contributed by atoms with E-state index in [1.54, 1.807) is 6.08 Å². The predicted molar refractivity (Wildman–Crippen MR) is 140 cm³/mol. The van der Waals surface area contributed by atoms with E-state index in [1.807, 2.05) is 12.2 Å². The molecule has 0 amide bonds. The molecule has 1 spiro atoms. The van der Waals surface area contributed by atoms with Crippen LogP contribution in [0.15, 0.2) is 23.8 Å². The van der Waals surface area contributed by atoms with Crippen molar-refractivity contribution in [1.29, 1.82) is 0 Å². The Morgan fingerprint density at radius 3 is 2.44 bits per heavy atom. The van der Waals surface area contributed by atoms with Gasteiger partial charge in [-0.25, -0.2) is 0 Å².